The molecule has 3 rings (SSSR count). The summed E-state index contributed by atoms with van der Waals surface area (Å²) in [4.78, 5) is 27.1. The minimum Gasteiger partial charge on any atom is -0.503 e. The Balaban J connectivity index is 1.87. The first kappa shape index (κ1) is 21.5. The number of methoxy groups -OCH3 is 2. The molecule has 0 aliphatic carbocycles. The molecule has 7 nitrogen and oxygen atoms in total. The van der Waals surface area contributed by atoms with Crippen LogP contribution in [0.3, 0.4) is 0 Å². The van der Waals surface area contributed by atoms with E-state index in [0.29, 0.717) is 30.2 Å². The second-order valence-electron chi connectivity index (χ2n) is 7.64. The molecule has 160 valence electrons. The highest BCUT2D eigenvalue weighted by molar-refractivity contribution is 6.08. The van der Waals surface area contributed by atoms with E-state index in [-0.39, 0.29) is 23.7 Å². The van der Waals surface area contributed by atoms with E-state index in [1.165, 1.54) is 11.2 Å². The number of carbonyl (C=O) groups is 2. The standard InChI is InChI=1S/C23H27NO6/c1-14(2)12-16(25)20-21(18-6-5-11-30-18)24(23(27)22(20)26)10-9-15-7-8-17(28-3)19(13-15)29-4/h5-8,11,13-14,21,26H,9-10,12H2,1-4H3. The number of aliphatic hydroxyl groups is 1. The number of benzene rings is 1. The number of ether oxygens (including phenoxy) is 2. The maximum atomic E-state index is 12.8. The second-order valence-corrected chi connectivity index (χ2v) is 7.64. The van der Waals surface area contributed by atoms with E-state index in [9.17, 15) is 14.7 Å². The van der Waals surface area contributed by atoms with E-state index < -0.39 is 17.7 Å². The summed E-state index contributed by atoms with van der Waals surface area (Å²) in [5.74, 6) is 0.467. The minimum absolute atomic E-state index is 0.103. The molecule has 1 amide bonds. The third kappa shape index (κ3) is 4.20. The number of Topliss-reactive ketones (excluding diaryl/α,β-unsaturated/α-hetero) is 1. The maximum absolute atomic E-state index is 12.8. The highest BCUT2D eigenvalue weighted by atomic mass is 16.5. The molecule has 0 fully saturated rings. The molecular formula is C23H27NO6. The smallest absolute Gasteiger partial charge is 0.290 e. The largest absolute Gasteiger partial charge is 0.503 e. The number of hydrogen-bond acceptors (Lipinski definition) is 6. The Morgan fingerprint density at radius 3 is 2.53 bits per heavy atom. The SMILES string of the molecule is COc1ccc(CCN2C(=O)C(O)=C(C(=O)CC(C)C)C2c2ccco2)cc1OC. The van der Waals surface area contributed by atoms with Crippen molar-refractivity contribution in [1.29, 1.82) is 0 Å². The van der Waals surface area contributed by atoms with Crippen molar-refractivity contribution in [3.05, 3.63) is 59.3 Å². The normalized spacial score (nSPS) is 16.5. The van der Waals surface area contributed by atoms with Gasteiger partial charge in [0.15, 0.2) is 23.0 Å². The van der Waals surface area contributed by atoms with E-state index in [0.717, 1.165) is 5.56 Å². The van der Waals surface area contributed by atoms with Gasteiger partial charge < -0.3 is 23.9 Å². The second kappa shape index (κ2) is 9.07. The monoisotopic (exact) mass is 413 g/mol. The van der Waals surface area contributed by atoms with Crippen LogP contribution in [0.4, 0.5) is 0 Å². The number of aliphatic hydroxyl groups excluding tert-OH is 1. The van der Waals surface area contributed by atoms with Crippen LogP contribution in [0, 0.1) is 5.92 Å². The highest BCUT2D eigenvalue weighted by Crippen LogP contribution is 2.39. The zero-order valence-corrected chi connectivity index (χ0v) is 17.7. The summed E-state index contributed by atoms with van der Waals surface area (Å²) in [5, 5.41) is 10.5. The van der Waals surface area contributed by atoms with Crippen molar-refractivity contribution in [1.82, 2.24) is 4.90 Å². The lowest BCUT2D eigenvalue weighted by molar-refractivity contribution is -0.129. The van der Waals surface area contributed by atoms with Crippen LogP contribution in [-0.2, 0) is 16.0 Å². The quantitative estimate of drug-likeness (QED) is 0.672. The van der Waals surface area contributed by atoms with E-state index in [1.54, 1.807) is 32.4 Å². The topological polar surface area (TPSA) is 89.2 Å². The van der Waals surface area contributed by atoms with Crippen molar-refractivity contribution in [3.8, 4) is 11.5 Å². The molecule has 1 aliphatic heterocycles. The number of carbonyl (C=O) groups excluding carboxylic acids is 2. The fourth-order valence-corrected chi connectivity index (χ4v) is 3.68. The van der Waals surface area contributed by atoms with Crippen molar-refractivity contribution in [2.24, 2.45) is 5.92 Å². The molecule has 1 atom stereocenters. The first-order chi connectivity index (χ1) is 14.4. The van der Waals surface area contributed by atoms with Crippen molar-refractivity contribution in [2.45, 2.75) is 32.7 Å². The van der Waals surface area contributed by atoms with Crippen molar-refractivity contribution in [3.63, 3.8) is 0 Å². The summed E-state index contributed by atoms with van der Waals surface area (Å²) >= 11 is 0. The van der Waals surface area contributed by atoms with Gasteiger partial charge in [0.05, 0.1) is 26.1 Å². The van der Waals surface area contributed by atoms with E-state index in [1.807, 2.05) is 26.0 Å². The molecular weight excluding hydrogens is 386 g/mol. The van der Waals surface area contributed by atoms with Gasteiger partial charge in [0.2, 0.25) is 0 Å². The molecule has 1 aliphatic rings. The molecule has 2 heterocycles. The molecule has 0 saturated carbocycles. The van der Waals surface area contributed by atoms with Crippen LogP contribution in [0.2, 0.25) is 0 Å². The van der Waals surface area contributed by atoms with Gasteiger partial charge in [0.1, 0.15) is 11.8 Å². The van der Waals surface area contributed by atoms with Crippen molar-refractivity contribution < 1.29 is 28.6 Å². The number of amides is 1. The van der Waals surface area contributed by atoms with Crippen LogP contribution in [0.25, 0.3) is 0 Å². The van der Waals surface area contributed by atoms with Gasteiger partial charge in [0.25, 0.3) is 5.91 Å². The lowest BCUT2D eigenvalue weighted by Crippen LogP contribution is -2.33. The number of hydrogen-bond donors (Lipinski definition) is 1. The first-order valence-corrected chi connectivity index (χ1v) is 9.89. The summed E-state index contributed by atoms with van der Waals surface area (Å²) < 4.78 is 16.1. The first-order valence-electron chi connectivity index (χ1n) is 9.89. The van der Waals surface area contributed by atoms with Gasteiger partial charge in [-0.25, -0.2) is 0 Å². The predicted octanol–water partition coefficient (Wildman–Crippen LogP) is 3.85. The maximum Gasteiger partial charge on any atom is 0.290 e. The van der Waals surface area contributed by atoms with Crippen LogP contribution in [0.5, 0.6) is 11.5 Å². The molecule has 0 radical (unpaired) electrons. The van der Waals surface area contributed by atoms with Gasteiger partial charge >= 0.3 is 0 Å². The van der Waals surface area contributed by atoms with Crippen LogP contribution in [-0.4, -0.2) is 42.5 Å². The Bertz CT molecular complexity index is 945. The summed E-state index contributed by atoms with van der Waals surface area (Å²) in [6, 6.07) is 8.21. The van der Waals surface area contributed by atoms with Crippen LogP contribution < -0.4 is 9.47 Å². The Hall–Kier alpha value is -3.22. The summed E-state index contributed by atoms with van der Waals surface area (Å²) in [5.41, 5.74) is 1.04. The van der Waals surface area contributed by atoms with Crippen molar-refractivity contribution >= 4 is 11.7 Å². The van der Waals surface area contributed by atoms with E-state index in [4.69, 9.17) is 13.9 Å². The van der Waals surface area contributed by atoms with Crippen LogP contribution in [0.1, 0.15) is 37.6 Å². The molecule has 7 heteroatoms. The van der Waals surface area contributed by atoms with Gasteiger partial charge in [-0.1, -0.05) is 19.9 Å². The molecule has 1 unspecified atom stereocenters. The molecule has 0 bridgehead atoms. The summed E-state index contributed by atoms with van der Waals surface area (Å²) in [7, 11) is 3.13. The van der Waals surface area contributed by atoms with Crippen LogP contribution in [0.15, 0.2) is 52.3 Å². The lowest BCUT2D eigenvalue weighted by atomic mass is 9.95. The molecule has 30 heavy (non-hydrogen) atoms. The predicted molar refractivity (Wildman–Crippen MR) is 111 cm³/mol. The third-order valence-corrected chi connectivity index (χ3v) is 5.10. The van der Waals surface area contributed by atoms with Gasteiger partial charge in [-0.15, -0.1) is 0 Å². The minimum atomic E-state index is -0.737. The van der Waals surface area contributed by atoms with Gasteiger partial charge in [-0.2, -0.15) is 0 Å². The zero-order valence-electron chi connectivity index (χ0n) is 17.7. The molecule has 1 N–H and O–H groups in total. The van der Waals surface area contributed by atoms with E-state index in [2.05, 4.69) is 0 Å². The summed E-state index contributed by atoms with van der Waals surface area (Å²) in [6.07, 6.45) is 2.24. The molecule has 2 aromatic rings. The van der Waals surface area contributed by atoms with Crippen LogP contribution >= 0.6 is 0 Å². The van der Waals surface area contributed by atoms with Gasteiger partial charge in [0, 0.05) is 13.0 Å². The molecule has 0 spiro atoms. The molecule has 0 saturated heterocycles. The number of nitrogens with zero attached hydrogens (tertiary/aromatic N) is 1. The Labute approximate surface area is 175 Å². The highest BCUT2D eigenvalue weighted by Gasteiger charge is 2.44. The zero-order chi connectivity index (χ0) is 21.8. The number of furan rings is 1. The average molecular weight is 413 g/mol. The van der Waals surface area contributed by atoms with Crippen molar-refractivity contribution in [2.75, 3.05) is 20.8 Å². The lowest BCUT2D eigenvalue weighted by Gasteiger charge is -2.25. The average Bonchev–Trinajstić information content (AvgIpc) is 3.33. The summed E-state index contributed by atoms with van der Waals surface area (Å²) in [6.45, 7) is 4.13. The fourth-order valence-electron chi connectivity index (χ4n) is 3.68. The fraction of sp³-hybridized carbons (Fsp3) is 0.391. The molecule has 1 aromatic carbocycles. The van der Waals surface area contributed by atoms with E-state index >= 15 is 0 Å². The third-order valence-electron chi connectivity index (χ3n) is 5.10. The Morgan fingerprint density at radius 2 is 1.93 bits per heavy atom. The number of ketones is 1. The van der Waals surface area contributed by atoms with Gasteiger partial charge in [-0.05, 0) is 42.2 Å². The van der Waals surface area contributed by atoms with Gasteiger partial charge in [-0.3, -0.25) is 9.59 Å². The Morgan fingerprint density at radius 1 is 1.20 bits per heavy atom. The number of rotatable bonds is 9. The molecule has 1 aromatic heterocycles. The Kier molecular flexibility index (Phi) is 6.50.